The summed E-state index contributed by atoms with van der Waals surface area (Å²) in [6.07, 6.45) is 0.643. The molecule has 2 aromatic carbocycles. The molecule has 4 aromatic rings. The van der Waals surface area contributed by atoms with Crippen LogP contribution in [0.4, 0.5) is 5.95 Å². The van der Waals surface area contributed by atoms with Crippen molar-refractivity contribution in [2.75, 3.05) is 12.0 Å². The van der Waals surface area contributed by atoms with Crippen molar-refractivity contribution in [1.29, 1.82) is 0 Å². The maximum Gasteiger partial charge on any atom is 0.329 e. The van der Waals surface area contributed by atoms with E-state index in [0.29, 0.717) is 5.75 Å². The van der Waals surface area contributed by atoms with Crippen LogP contribution >= 0.6 is 0 Å². The quantitative estimate of drug-likeness (QED) is 0.284. The second kappa shape index (κ2) is 9.31. The molecule has 0 fully saturated rings. The molecule has 3 N–H and O–H groups in total. The number of para-hydroxylation sites is 1. The van der Waals surface area contributed by atoms with Crippen LogP contribution in [-0.4, -0.2) is 43.1 Å². The van der Waals surface area contributed by atoms with Crippen molar-refractivity contribution in [2.45, 2.75) is 12.6 Å². The van der Waals surface area contributed by atoms with Gasteiger partial charge in [-0.3, -0.25) is 14.3 Å². The maximum absolute atomic E-state index is 12.5. The molecule has 1 atom stereocenters. The number of nitrogens with one attached hydrogen (secondary N) is 2. The van der Waals surface area contributed by atoms with Gasteiger partial charge in [-0.2, -0.15) is 10.1 Å². The highest BCUT2D eigenvalue weighted by Crippen LogP contribution is 2.17. The van der Waals surface area contributed by atoms with Gasteiger partial charge in [-0.25, -0.2) is 10.2 Å². The molecule has 0 unspecified atom stereocenters. The van der Waals surface area contributed by atoms with Crippen molar-refractivity contribution in [3.8, 4) is 5.75 Å². The van der Waals surface area contributed by atoms with Crippen LogP contribution in [0.1, 0.15) is 5.56 Å². The van der Waals surface area contributed by atoms with Crippen molar-refractivity contribution in [1.82, 2.24) is 19.1 Å². The molecule has 2 heterocycles. The van der Waals surface area contributed by atoms with Gasteiger partial charge < -0.3 is 14.4 Å². The Hall–Kier alpha value is -4.18. The molecule has 0 aliphatic rings. The lowest BCUT2D eigenvalue weighted by Crippen LogP contribution is -2.30. The predicted octanol–water partition coefficient (Wildman–Crippen LogP) is 1.31. The lowest BCUT2D eigenvalue weighted by molar-refractivity contribution is 0.0938. The van der Waals surface area contributed by atoms with Crippen molar-refractivity contribution in [2.24, 2.45) is 12.1 Å². The van der Waals surface area contributed by atoms with Gasteiger partial charge in [0.15, 0.2) is 11.2 Å². The van der Waals surface area contributed by atoms with Crippen LogP contribution < -0.4 is 21.4 Å². The van der Waals surface area contributed by atoms with E-state index in [0.717, 1.165) is 5.56 Å². The molecule has 0 bridgehead atoms. The SMILES string of the molecule is Cn1c(=O)[nH]c(=O)c2c1nc(NN=Cc1ccccc1)n2C[C@@H](O)COc1ccccc1. The van der Waals surface area contributed by atoms with E-state index >= 15 is 0 Å². The highest BCUT2D eigenvalue weighted by Gasteiger charge is 2.19. The Labute approximate surface area is 182 Å². The second-order valence-electron chi connectivity index (χ2n) is 7.10. The van der Waals surface area contributed by atoms with Crippen molar-refractivity contribution in [3.63, 3.8) is 0 Å². The smallest absolute Gasteiger partial charge is 0.329 e. The van der Waals surface area contributed by atoms with Crippen LogP contribution in [0.15, 0.2) is 75.4 Å². The Morgan fingerprint density at radius 3 is 2.56 bits per heavy atom. The third-order valence-corrected chi connectivity index (χ3v) is 4.76. The van der Waals surface area contributed by atoms with Gasteiger partial charge in [0.2, 0.25) is 5.95 Å². The Morgan fingerprint density at radius 2 is 1.84 bits per heavy atom. The zero-order chi connectivity index (χ0) is 22.5. The van der Waals surface area contributed by atoms with Gasteiger partial charge in [0.1, 0.15) is 18.5 Å². The summed E-state index contributed by atoms with van der Waals surface area (Å²) in [5, 5.41) is 14.7. The van der Waals surface area contributed by atoms with E-state index in [-0.39, 0.29) is 30.3 Å². The van der Waals surface area contributed by atoms with Crippen LogP contribution in [0.25, 0.3) is 11.2 Å². The number of aromatic amines is 1. The third-order valence-electron chi connectivity index (χ3n) is 4.76. The summed E-state index contributed by atoms with van der Waals surface area (Å²) in [5.41, 5.74) is 2.80. The Balaban J connectivity index is 1.63. The fourth-order valence-corrected chi connectivity index (χ4v) is 3.17. The maximum atomic E-state index is 12.5. The standard InChI is InChI=1S/C22H22N6O4/c1-27-19-18(20(30)25-22(27)31)28(13-16(29)14-32-17-10-6-3-7-11-17)21(24-19)26-23-12-15-8-4-2-5-9-15/h2-12,16,29H,13-14H2,1H3,(H,24,26)(H,25,30,31)/t16-/m1/s1. The molecule has 2 aromatic heterocycles. The summed E-state index contributed by atoms with van der Waals surface area (Å²) in [7, 11) is 1.50. The Morgan fingerprint density at radius 1 is 1.16 bits per heavy atom. The summed E-state index contributed by atoms with van der Waals surface area (Å²) >= 11 is 0. The molecule has 32 heavy (non-hydrogen) atoms. The van der Waals surface area contributed by atoms with Crippen molar-refractivity contribution in [3.05, 3.63) is 87.1 Å². The number of hydrazone groups is 1. The number of hydrogen-bond donors (Lipinski definition) is 3. The van der Waals surface area contributed by atoms with Crippen LogP contribution in [0.2, 0.25) is 0 Å². The first-order valence-corrected chi connectivity index (χ1v) is 9.92. The van der Waals surface area contributed by atoms with Crippen molar-refractivity contribution >= 4 is 23.3 Å². The van der Waals surface area contributed by atoms with E-state index in [9.17, 15) is 14.7 Å². The molecule has 10 nitrogen and oxygen atoms in total. The zero-order valence-corrected chi connectivity index (χ0v) is 17.3. The number of H-pyrrole nitrogens is 1. The zero-order valence-electron chi connectivity index (χ0n) is 17.3. The summed E-state index contributed by atoms with van der Waals surface area (Å²) in [5.74, 6) is 0.825. The van der Waals surface area contributed by atoms with Gasteiger partial charge in [-0.15, -0.1) is 0 Å². The fourth-order valence-electron chi connectivity index (χ4n) is 3.17. The fraction of sp³-hybridized carbons (Fsp3) is 0.182. The van der Waals surface area contributed by atoms with Crippen molar-refractivity contribution < 1.29 is 9.84 Å². The Kier molecular flexibility index (Phi) is 6.13. The molecule has 0 aliphatic heterocycles. The van der Waals surface area contributed by atoms with E-state index in [1.165, 1.54) is 16.2 Å². The van der Waals surface area contributed by atoms with Gasteiger partial charge >= 0.3 is 5.69 Å². The lowest BCUT2D eigenvalue weighted by atomic mass is 10.2. The Bertz CT molecular complexity index is 1340. The second-order valence-corrected chi connectivity index (χ2v) is 7.10. The molecule has 0 radical (unpaired) electrons. The number of imidazole rings is 1. The number of aliphatic hydroxyl groups is 1. The average molecular weight is 434 g/mol. The predicted molar refractivity (Wildman–Crippen MR) is 121 cm³/mol. The molecule has 10 heteroatoms. The topological polar surface area (TPSA) is 127 Å². The number of aryl methyl sites for hydroxylation is 1. The molecule has 4 rings (SSSR count). The number of hydrogen-bond acceptors (Lipinski definition) is 7. The minimum atomic E-state index is -0.956. The molecule has 164 valence electrons. The average Bonchev–Trinajstić information content (AvgIpc) is 3.16. The molecule has 0 spiro atoms. The number of fused-ring (bicyclic) bond motifs is 1. The minimum absolute atomic E-state index is 0.0000781. The van der Waals surface area contributed by atoms with E-state index in [2.05, 4.69) is 20.5 Å². The number of nitrogens with zero attached hydrogens (tertiary/aromatic N) is 4. The lowest BCUT2D eigenvalue weighted by Gasteiger charge is -2.15. The highest BCUT2D eigenvalue weighted by molar-refractivity contribution is 5.80. The van der Waals surface area contributed by atoms with Gasteiger partial charge in [-0.1, -0.05) is 48.5 Å². The van der Waals surface area contributed by atoms with Crippen LogP contribution in [0.5, 0.6) is 5.75 Å². The van der Waals surface area contributed by atoms with E-state index in [1.807, 2.05) is 48.5 Å². The van der Waals surface area contributed by atoms with E-state index < -0.39 is 17.4 Å². The number of ether oxygens (including phenoxy) is 1. The first kappa shape index (κ1) is 21.1. The number of benzene rings is 2. The van der Waals surface area contributed by atoms with Gasteiger partial charge in [-0.05, 0) is 17.7 Å². The molecular formula is C22H22N6O4. The minimum Gasteiger partial charge on any atom is -0.491 e. The summed E-state index contributed by atoms with van der Waals surface area (Å²) in [6, 6.07) is 18.5. The first-order valence-electron chi connectivity index (χ1n) is 9.92. The number of anilines is 1. The molecule has 0 aliphatic carbocycles. The molecule has 0 saturated carbocycles. The molecule has 0 amide bonds. The molecule has 0 saturated heterocycles. The van der Waals surface area contributed by atoms with Gasteiger partial charge in [0.25, 0.3) is 5.56 Å². The van der Waals surface area contributed by atoms with E-state index in [4.69, 9.17) is 4.74 Å². The number of rotatable bonds is 8. The summed E-state index contributed by atoms with van der Waals surface area (Å²) in [4.78, 5) is 31.2. The monoisotopic (exact) mass is 434 g/mol. The highest BCUT2D eigenvalue weighted by atomic mass is 16.5. The van der Waals surface area contributed by atoms with Crippen LogP contribution in [-0.2, 0) is 13.6 Å². The summed E-state index contributed by atoms with van der Waals surface area (Å²) in [6.45, 7) is -0.00607. The van der Waals surface area contributed by atoms with Crippen LogP contribution in [0.3, 0.4) is 0 Å². The number of aliphatic hydroxyl groups excluding tert-OH is 1. The first-order chi connectivity index (χ1) is 15.5. The van der Waals surface area contributed by atoms with Gasteiger partial charge in [0, 0.05) is 7.05 Å². The molecular weight excluding hydrogens is 412 g/mol. The largest absolute Gasteiger partial charge is 0.491 e. The van der Waals surface area contributed by atoms with E-state index in [1.54, 1.807) is 18.3 Å². The van der Waals surface area contributed by atoms with Gasteiger partial charge in [0.05, 0.1) is 12.8 Å². The number of aromatic nitrogens is 4. The summed E-state index contributed by atoms with van der Waals surface area (Å²) < 4.78 is 8.32. The third kappa shape index (κ3) is 4.60. The normalized spacial score (nSPS) is 12.3. The van der Waals surface area contributed by atoms with Crippen LogP contribution in [0, 0.1) is 0 Å².